The highest BCUT2D eigenvalue weighted by molar-refractivity contribution is 5.48. The number of ether oxygens (including phenoxy) is 17. The van der Waals surface area contributed by atoms with Crippen LogP contribution in [-0.2, 0) is 119 Å². The second-order valence-corrected chi connectivity index (χ2v) is 36.6. The SMILES string of the molecule is Cc1ccc(COc2cc(COc3ccc(COc4cc(COc5ccc(COc6cc(COc7ccc(COc8cc(COc9ccc(COc%10cc(COc%11ccc(COc%12cc(CO)cc(OCc%13ccccc%13)c%12)cc%11)cc(OCc%11ccc(C)cc%11)c%10)cc9)cc(OCc9ccc(C)cc9)c8)cc7)cc(OCc7ccccc7)c6)cc5)cc(OCc5ccc(C)cc5)c4)cc3)cc(OCc3ccccc3)c2)cc1. The smallest absolute Gasteiger partial charge is 0.123 e. The highest BCUT2D eigenvalue weighted by Gasteiger charge is 2.18. The summed E-state index contributed by atoms with van der Waals surface area (Å²) in [4.78, 5) is 0. The Kier molecular flexibility index (Phi) is 35.1. The van der Waals surface area contributed by atoms with Crippen LogP contribution in [0.2, 0.25) is 0 Å². The monoisotopic (exact) mass is 1970 g/mol. The molecule has 0 bridgehead atoms. The first kappa shape index (κ1) is 101. The van der Waals surface area contributed by atoms with E-state index in [2.05, 4.69) is 125 Å². The van der Waals surface area contributed by atoms with Gasteiger partial charge in [-0.15, -0.1) is 0 Å². The maximum absolute atomic E-state index is 10.0. The minimum atomic E-state index is -0.139. The number of aliphatic hydroxyl groups is 1. The van der Waals surface area contributed by atoms with Gasteiger partial charge in [0.25, 0.3) is 0 Å². The number of rotatable bonds is 52. The summed E-state index contributed by atoms with van der Waals surface area (Å²) >= 11 is 0. The molecule has 18 nitrogen and oxygen atoms in total. The van der Waals surface area contributed by atoms with Crippen molar-refractivity contribution in [2.24, 2.45) is 0 Å². The van der Waals surface area contributed by atoms with Crippen LogP contribution in [0.25, 0.3) is 0 Å². The molecule has 746 valence electrons. The van der Waals surface area contributed by atoms with E-state index in [0.29, 0.717) is 169 Å². The van der Waals surface area contributed by atoms with Crippen molar-refractivity contribution in [3.05, 3.63) is 541 Å². The second kappa shape index (κ2) is 51.6. The highest BCUT2D eigenvalue weighted by atomic mass is 16.5. The third-order valence-corrected chi connectivity index (χ3v) is 24.3. The molecule has 0 fully saturated rings. The van der Waals surface area contributed by atoms with Gasteiger partial charge in [0.15, 0.2) is 0 Å². The second-order valence-electron chi connectivity index (χ2n) is 36.6. The summed E-state index contributed by atoms with van der Waals surface area (Å²) in [5.41, 5.74) is 21.9. The highest BCUT2D eigenvalue weighted by Crippen LogP contribution is 2.36. The van der Waals surface area contributed by atoms with Gasteiger partial charge in [-0.25, -0.2) is 0 Å². The fourth-order valence-corrected chi connectivity index (χ4v) is 16.0. The van der Waals surface area contributed by atoms with Crippen LogP contribution >= 0.6 is 0 Å². The molecular weight excluding hydrogens is 1850 g/mol. The molecule has 0 saturated heterocycles. The summed E-state index contributed by atoms with van der Waals surface area (Å²) < 4.78 is 109. The Morgan fingerprint density at radius 2 is 0.230 bits per heavy atom. The van der Waals surface area contributed by atoms with E-state index >= 15 is 0 Å². The van der Waals surface area contributed by atoms with Crippen LogP contribution in [0.1, 0.15) is 122 Å². The number of aryl methyl sites for hydroxylation is 4. The molecule has 18 heteroatoms. The summed E-state index contributed by atoms with van der Waals surface area (Å²) in [5.74, 6) is 11.2. The first-order valence-corrected chi connectivity index (χ1v) is 49.6. The molecule has 0 unspecified atom stereocenters. The molecule has 0 radical (unpaired) electrons. The normalized spacial score (nSPS) is 11.0. The van der Waals surface area contributed by atoms with Crippen molar-refractivity contribution in [2.75, 3.05) is 0 Å². The number of hydrogen-bond donors (Lipinski definition) is 1. The molecule has 0 aliphatic rings. The van der Waals surface area contributed by atoms with Crippen molar-refractivity contribution in [2.45, 2.75) is 147 Å². The van der Waals surface area contributed by atoms with Crippen molar-refractivity contribution in [1.29, 1.82) is 0 Å². The van der Waals surface area contributed by atoms with E-state index < -0.39 is 0 Å². The predicted molar refractivity (Wildman–Crippen MR) is 574 cm³/mol. The maximum atomic E-state index is 10.0. The lowest BCUT2D eigenvalue weighted by Gasteiger charge is -2.15. The van der Waals surface area contributed by atoms with E-state index in [1.807, 2.05) is 322 Å². The molecule has 1 N–H and O–H groups in total. The molecule has 0 aromatic heterocycles. The van der Waals surface area contributed by atoms with E-state index in [1.54, 1.807) is 0 Å². The zero-order chi connectivity index (χ0) is 101. The molecule has 0 heterocycles. The predicted octanol–water partition coefficient (Wildman–Crippen LogP) is 29.3. The van der Waals surface area contributed by atoms with E-state index in [1.165, 1.54) is 22.3 Å². The lowest BCUT2D eigenvalue weighted by atomic mass is 10.1. The topological polar surface area (TPSA) is 177 Å². The van der Waals surface area contributed by atoms with Crippen LogP contribution in [0.3, 0.4) is 0 Å². The van der Waals surface area contributed by atoms with Crippen LogP contribution in [0.5, 0.6) is 97.7 Å². The summed E-state index contributed by atoms with van der Waals surface area (Å²) in [6, 6.07) is 138. The lowest BCUT2D eigenvalue weighted by molar-refractivity contribution is 0.270. The van der Waals surface area contributed by atoms with Gasteiger partial charge in [0.1, 0.15) is 210 Å². The van der Waals surface area contributed by atoms with E-state index in [-0.39, 0.29) is 52.9 Å². The zero-order valence-corrected chi connectivity index (χ0v) is 83.5. The first-order chi connectivity index (χ1) is 72.6. The first-order valence-electron chi connectivity index (χ1n) is 49.6. The molecular formula is C130H118O18. The van der Waals surface area contributed by atoms with Gasteiger partial charge < -0.3 is 85.6 Å². The number of hydrogen-bond acceptors (Lipinski definition) is 18. The van der Waals surface area contributed by atoms with Crippen LogP contribution in [0.15, 0.2) is 419 Å². The van der Waals surface area contributed by atoms with E-state index in [0.717, 1.165) is 94.6 Å². The Morgan fingerprint density at radius 3 is 0.372 bits per heavy atom. The Balaban J connectivity index is 0.472. The van der Waals surface area contributed by atoms with Gasteiger partial charge in [-0.1, -0.05) is 271 Å². The molecule has 0 aliphatic carbocycles. The standard InChI is InChI=1S/C130H118O18/c1-92-20-28-99(29-21-92)78-141-123-60-109(58-121(69-123)138-76-97-16-10-6-11-17-97)87-132-115-48-40-105(41-49-115)84-146-129-66-112(62-125(72-129)143-80-101-32-24-94(3)25-33-101)90-135-117-52-38-104(39-53-117)83-145-127-64-110(59-122(70-127)139-77-98-18-12-7-13-19-98)88-133-116-50-42-106(43-51-116)85-147-130-67-113(63-126(73-130)144-81-102-34-26-95(4)27-35-102)91-136-118-54-44-107(45-55-118)86-148-128-65-111(61-124(71-128)142-79-100-30-22-93(2)23-31-100)89-134-114-46-36-103(37-47-114)82-140-120-57-108(74-131)56-119(68-120)137-75-96-14-8-5-9-15-96/h5-73,131H,74-91H2,1-4H3. The molecule has 18 aromatic rings. The third-order valence-electron chi connectivity index (χ3n) is 24.3. The molecule has 0 amide bonds. The van der Waals surface area contributed by atoms with Gasteiger partial charge in [-0.3, -0.25) is 0 Å². The number of aliphatic hydroxyl groups excluding tert-OH is 1. The van der Waals surface area contributed by atoms with E-state index in [4.69, 9.17) is 80.5 Å². The fourth-order valence-electron chi connectivity index (χ4n) is 16.0. The lowest BCUT2D eigenvalue weighted by Crippen LogP contribution is -2.03. The largest absolute Gasteiger partial charge is 0.489 e. The van der Waals surface area contributed by atoms with Crippen molar-refractivity contribution in [1.82, 2.24) is 0 Å². The molecule has 0 spiro atoms. The van der Waals surface area contributed by atoms with Gasteiger partial charge in [0.05, 0.1) is 6.61 Å². The summed E-state index contributed by atoms with van der Waals surface area (Å²) in [6.07, 6.45) is 0. The quantitative estimate of drug-likeness (QED) is 0.0380. The minimum Gasteiger partial charge on any atom is -0.489 e. The van der Waals surface area contributed by atoms with Crippen molar-refractivity contribution < 1.29 is 85.6 Å². The molecule has 0 saturated carbocycles. The average Bonchev–Trinajstić information content (AvgIpc) is 0.854. The van der Waals surface area contributed by atoms with Gasteiger partial charge >= 0.3 is 0 Å². The number of benzene rings is 18. The van der Waals surface area contributed by atoms with Crippen LogP contribution < -0.4 is 80.5 Å². The average molecular weight is 1970 g/mol. The van der Waals surface area contributed by atoms with Crippen molar-refractivity contribution in [3.63, 3.8) is 0 Å². The fraction of sp³-hybridized carbons (Fsp3) is 0.169. The Labute approximate surface area is 865 Å². The Hall–Kier alpha value is -17.5. The van der Waals surface area contributed by atoms with Gasteiger partial charge in [-0.05, 0) is 261 Å². The zero-order valence-electron chi connectivity index (χ0n) is 83.5. The van der Waals surface area contributed by atoms with E-state index in [9.17, 15) is 5.11 Å². The third kappa shape index (κ3) is 32.0. The molecule has 0 aliphatic heterocycles. The summed E-state index contributed by atoms with van der Waals surface area (Å²) in [6.45, 7) is 13.7. The van der Waals surface area contributed by atoms with Crippen LogP contribution in [0, 0.1) is 27.7 Å². The van der Waals surface area contributed by atoms with Gasteiger partial charge in [-0.2, -0.15) is 0 Å². The molecule has 0 atom stereocenters. The van der Waals surface area contributed by atoms with Crippen molar-refractivity contribution in [3.8, 4) is 97.7 Å². The molecule has 18 rings (SSSR count). The Bertz CT molecular complexity index is 7170. The van der Waals surface area contributed by atoms with Gasteiger partial charge in [0.2, 0.25) is 0 Å². The van der Waals surface area contributed by atoms with Crippen LogP contribution in [-0.4, -0.2) is 5.11 Å². The van der Waals surface area contributed by atoms with Crippen molar-refractivity contribution >= 4 is 0 Å². The maximum Gasteiger partial charge on any atom is 0.123 e. The Morgan fingerprint density at radius 1 is 0.115 bits per heavy atom. The van der Waals surface area contributed by atoms with Crippen LogP contribution in [0.4, 0.5) is 0 Å². The molecule has 148 heavy (non-hydrogen) atoms. The van der Waals surface area contributed by atoms with Gasteiger partial charge in [0, 0.05) is 36.4 Å². The summed E-state index contributed by atoms with van der Waals surface area (Å²) in [5, 5.41) is 10.0. The minimum absolute atomic E-state index is 0.139. The summed E-state index contributed by atoms with van der Waals surface area (Å²) in [7, 11) is 0. The molecule has 18 aromatic carbocycles.